The minimum absolute atomic E-state index is 0.0265. The number of hydrogen-bond acceptors (Lipinski definition) is 3. The van der Waals surface area contributed by atoms with Crippen LogP contribution in [-0.4, -0.2) is 28.7 Å². The van der Waals surface area contributed by atoms with Gasteiger partial charge in [-0.25, -0.2) is 0 Å². The summed E-state index contributed by atoms with van der Waals surface area (Å²) in [7, 11) is 0. The van der Waals surface area contributed by atoms with Crippen molar-refractivity contribution < 1.29 is 4.79 Å². The molecule has 5 nitrogen and oxygen atoms in total. The van der Waals surface area contributed by atoms with Crippen molar-refractivity contribution in [3.8, 4) is 0 Å². The second-order valence-electron chi connectivity index (χ2n) is 3.52. The Balaban J connectivity index is 2.37. The van der Waals surface area contributed by atoms with E-state index in [2.05, 4.69) is 20.8 Å². The number of carbonyl (C=O) groups excluding carboxylic acids is 1. The summed E-state index contributed by atoms with van der Waals surface area (Å²) in [4.78, 5) is 11.4. The molecule has 1 atom stereocenters. The molecule has 0 aliphatic heterocycles. The zero-order valence-electron chi connectivity index (χ0n) is 9.42. The predicted octanol–water partition coefficient (Wildman–Crippen LogP) is 0.332. The Morgan fingerprint density at radius 2 is 2.40 bits per heavy atom. The lowest BCUT2D eigenvalue weighted by molar-refractivity contribution is -0.122. The lowest BCUT2D eigenvalue weighted by Crippen LogP contribution is -2.41. The van der Waals surface area contributed by atoms with Gasteiger partial charge in [-0.3, -0.25) is 9.89 Å². The summed E-state index contributed by atoms with van der Waals surface area (Å²) in [6.07, 6.45) is 1.77. The lowest BCUT2D eigenvalue weighted by Gasteiger charge is -2.12. The molecule has 0 radical (unpaired) electrons. The number of hydrogen-bond donors (Lipinski definition) is 3. The SMILES string of the molecule is CCNC(=O)C(C)NCc1cn[nH]c1C. The molecule has 1 heterocycles. The Morgan fingerprint density at radius 3 is 2.93 bits per heavy atom. The number of nitrogens with one attached hydrogen (secondary N) is 3. The van der Waals surface area contributed by atoms with Crippen molar-refractivity contribution in [3.05, 3.63) is 17.5 Å². The summed E-state index contributed by atoms with van der Waals surface area (Å²) in [6.45, 7) is 7.03. The predicted molar refractivity (Wildman–Crippen MR) is 58.3 cm³/mol. The normalized spacial score (nSPS) is 12.5. The van der Waals surface area contributed by atoms with Crippen LogP contribution in [0.25, 0.3) is 0 Å². The van der Waals surface area contributed by atoms with Gasteiger partial charge in [0.05, 0.1) is 12.2 Å². The number of aromatic amines is 1. The molecule has 0 fully saturated rings. The molecule has 1 amide bonds. The Labute approximate surface area is 89.6 Å². The maximum Gasteiger partial charge on any atom is 0.236 e. The number of rotatable bonds is 5. The minimum atomic E-state index is -0.181. The van der Waals surface area contributed by atoms with Crippen LogP contribution in [0.5, 0.6) is 0 Å². The molecule has 0 spiro atoms. The monoisotopic (exact) mass is 210 g/mol. The topological polar surface area (TPSA) is 69.8 Å². The lowest BCUT2D eigenvalue weighted by atomic mass is 10.2. The molecule has 0 aliphatic carbocycles. The van der Waals surface area contributed by atoms with E-state index in [0.29, 0.717) is 13.1 Å². The molecular formula is C10H18N4O. The quantitative estimate of drug-likeness (QED) is 0.656. The van der Waals surface area contributed by atoms with Gasteiger partial charge in [0.25, 0.3) is 0 Å². The van der Waals surface area contributed by atoms with E-state index in [9.17, 15) is 4.79 Å². The van der Waals surface area contributed by atoms with Gasteiger partial charge in [0.15, 0.2) is 0 Å². The second-order valence-corrected chi connectivity index (χ2v) is 3.52. The zero-order chi connectivity index (χ0) is 11.3. The fraction of sp³-hybridized carbons (Fsp3) is 0.600. The Bertz CT molecular complexity index is 321. The molecule has 15 heavy (non-hydrogen) atoms. The first-order valence-corrected chi connectivity index (χ1v) is 5.15. The van der Waals surface area contributed by atoms with Crippen LogP contribution in [0.15, 0.2) is 6.20 Å². The first-order valence-electron chi connectivity index (χ1n) is 5.15. The van der Waals surface area contributed by atoms with E-state index >= 15 is 0 Å². The molecular weight excluding hydrogens is 192 g/mol. The van der Waals surface area contributed by atoms with Gasteiger partial charge >= 0.3 is 0 Å². The van der Waals surface area contributed by atoms with Gasteiger partial charge in [0, 0.05) is 24.3 Å². The first-order chi connectivity index (χ1) is 7.15. The highest BCUT2D eigenvalue weighted by molar-refractivity contribution is 5.81. The molecule has 0 aliphatic rings. The van der Waals surface area contributed by atoms with Gasteiger partial charge in [-0.15, -0.1) is 0 Å². The smallest absolute Gasteiger partial charge is 0.236 e. The third-order valence-electron chi connectivity index (χ3n) is 2.28. The maximum atomic E-state index is 11.4. The molecule has 84 valence electrons. The minimum Gasteiger partial charge on any atom is -0.355 e. The fourth-order valence-electron chi connectivity index (χ4n) is 1.24. The highest BCUT2D eigenvalue weighted by Gasteiger charge is 2.11. The Kier molecular flexibility index (Phi) is 4.30. The Morgan fingerprint density at radius 1 is 1.67 bits per heavy atom. The van der Waals surface area contributed by atoms with E-state index in [4.69, 9.17) is 0 Å². The molecule has 0 aromatic carbocycles. The second kappa shape index (κ2) is 5.50. The molecule has 0 saturated carbocycles. The number of H-pyrrole nitrogens is 1. The van der Waals surface area contributed by atoms with Crippen molar-refractivity contribution in [3.63, 3.8) is 0 Å². The van der Waals surface area contributed by atoms with Gasteiger partial charge in [0.1, 0.15) is 0 Å². The van der Waals surface area contributed by atoms with Gasteiger partial charge in [-0.1, -0.05) is 0 Å². The summed E-state index contributed by atoms with van der Waals surface area (Å²) in [5.74, 6) is 0.0265. The highest BCUT2D eigenvalue weighted by Crippen LogP contribution is 2.01. The van der Waals surface area contributed by atoms with E-state index in [-0.39, 0.29) is 11.9 Å². The van der Waals surface area contributed by atoms with E-state index in [1.165, 1.54) is 0 Å². The van der Waals surface area contributed by atoms with Gasteiger partial charge in [-0.2, -0.15) is 5.10 Å². The maximum absolute atomic E-state index is 11.4. The van der Waals surface area contributed by atoms with E-state index in [0.717, 1.165) is 11.3 Å². The highest BCUT2D eigenvalue weighted by atomic mass is 16.2. The number of nitrogens with zero attached hydrogens (tertiary/aromatic N) is 1. The van der Waals surface area contributed by atoms with Crippen molar-refractivity contribution in [2.75, 3.05) is 6.54 Å². The van der Waals surface area contributed by atoms with Crippen LogP contribution in [0.1, 0.15) is 25.1 Å². The standard InChI is InChI=1S/C10H18N4O/c1-4-11-10(15)8(3)12-5-9-6-13-14-7(9)2/h6,8,12H,4-5H2,1-3H3,(H,11,15)(H,13,14). The van der Waals surface area contributed by atoms with E-state index in [1.807, 2.05) is 20.8 Å². The third kappa shape index (κ3) is 3.36. The number of likely N-dealkylation sites (N-methyl/N-ethyl adjacent to an activating group) is 1. The number of carbonyl (C=O) groups is 1. The molecule has 1 unspecified atom stereocenters. The van der Waals surface area contributed by atoms with Crippen LogP contribution in [-0.2, 0) is 11.3 Å². The molecule has 5 heteroatoms. The van der Waals surface area contributed by atoms with Crippen molar-refractivity contribution >= 4 is 5.91 Å². The largest absolute Gasteiger partial charge is 0.355 e. The number of amides is 1. The summed E-state index contributed by atoms with van der Waals surface area (Å²) in [5, 5.41) is 12.7. The van der Waals surface area contributed by atoms with Gasteiger partial charge < -0.3 is 10.6 Å². The fourth-order valence-corrected chi connectivity index (χ4v) is 1.24. The summed E-state index contributed by atoms with van der Waals surface area (Å²) in [6, 6.07) is -0.181. The Hall–Kier alpha value is -1.36. The number of aryl methyl sites for hydroxylation is 1. The molecule has 1 aromatic heterocycles. The van der Waals surface area contributed by atoms with Crippen molar-refractivity contribution in [1.29, 1.82) is 0 Å². The summed E-state index contributed by atoms with van der Waals surface area (Å²) >= 11 is 0. The first kappa shape index (κ1) is 11.7. The zero-order valence-corrected chi connectivity index (χ0v) is 9.42. The van der Waals surface area contributed by atoms with Crippen LogP contribution in [0.2, 0.25) is 0 Å². The molecule has 0 bridgehead atoms. The van der Waals surface area contributed by atoms with Crippen LogP contribution >= 0.6 is 0 Å². The van der Waals surface area contributed by atoms with Crippen LogP contribution < -0.4 is 10.6 Å². The van der Waals surface area contributed by atoms with Gasteiger partial charge in [0.2, 0.25) is 5.91 Å². The summed E-state index contributed by atoms with van der Waals surface area (Å²) in [5.41, 5.74) is 2.12. The van der Waals surface area contributed by atoms with Crippen LogP contribution in [0.3, 0.4) is 0 Å². The van der Waals surface area contributed by atoms with Crippen molar-refractivity contribution in [2.24, 2.45) is 0 Å². The van der Waals surface area contributed by atoms with Crippen molar-refractivity contribution in [1.82, 2.24) is 20.8 Å². The average Bonchev–Trinajstić information content (AvgIpc) is 2.61. The van der Waals surface area contributed by atoms with E-state index < -0.39 is 0 Å². The average molecular weight is 210 g/mol. The number of aromatic nitrogens is 2. The summed E-state index contributed by atoms with van der Waals surface area (Å²) < 4.78 is 0. The van der Waals surface area contributed by atoms with E-state index in [1.54, 1.807) is 6.20 Å². The van der Waals surface area contributed by atoms with Crippen molar-refractivity contribution in [2.45, 2.75) is 33.4 Å². The van der Waals surface area contributed by atoms with Crippen LogP contribution in [0, 0.1) is 6.92 Å². The van der Waals surface area contributed by atoms with Crippen LogP contribution in [0.4, 0.5) is 0 Å². The molecule has 3 N–H and O–H groups in total. The molecule has 0 saturated heterocycles. The molecule has 1 aromatic rings. The van der Waals surface area contributed by atoms with Gasteiger partial charge in [-0.05, 0) is 20.8 Å². The third-order valence-corrected chi connectivity index (χ3v) is 2.28. The molecule has 1 rings (SSSR count).